The monoisotopic (exact) mass is 532 g/mol. The van der Waals surface area contributed by atoms with Gasteiger partial charge in [0.1, 0.15) is 17.6 Å². The topological polar surface area (TPSA) is 84.0 Å². The largest absolute Gasteiger partial charge is 0.494 e. The number of hydrogen-bond donors (Lipinski definition) is 3. The highest BCUT2D eigenvalue weighted by Crippen LogP contribution is 2.35. The van der Waals surface area contributed by atoms with Gasteiger partial charge in [0.2, 0.25) is 5.91 Å². The number of nitrogens with zero attached hydrogens (tertiary/aromatic N) is 1. The van der Waals surface area contributed by atoms with Crippen LogP contribution in [-0.4, -0.2) is 43.7 Å². The van der Waals surface area contributed by atoms with Gasteiger partial charge < -0.3 is 25.4 Å². The average molecular weight is 532 g/mol. The molecule has 2 unspecified atom stereocenters. The maximum atomic E-state index is 11.9. The molecule has 1 aliphatic rings. The van der Waals surface area contributed by atoms with Crippen LogP contribution in [0.4, 0.5) is 0 Å². The molecular weight excluding hydrogens is 495 g/mol. The third kappa shape index (κ3) is 8.20. The van der Waals surface area contributed by atoms with Gasteiger partial charge in [-0.2, -0.15) is 0 Å². The Bertz CT molecular complexity index is 712. The first-order valence-electron chi connectivity index (χ1n) is 10.7. The van der Waals surface area contributed by atoms with Crippen LogP contribution in [0.3, 0.4) is 0 Å². The van der Waals surface area contributed by atoms with E-state index in [0.29, 0.717) is 32.1 Å². The van der Waals surface area contributed by atoms with Crippen molar-refractivity contribution in [2.75, 3.05) is 19.7 Å². The summed E-state index contributed by atoms with van der Waals surface area (Å²) >= 11 is 0. The lowest BCUT2D eigenvalue weighted by Crippen LogP contribution is -2.40. The molecule has 8 heteroatoms. The summed E-state index contributed by atoms with van der Waals surface area (Å²) in [6.07, 6.45) is 2.43. The maximum absolute atomic E-state index is 11.9. The molecule has 1 aromatic rings. The number of carbonyl (C=O) groups excluding carboxylic acids is 1. The standard InChI is InChI=1S/C22H36N4O3.HI/c1-6-15(4)26-21(27)9-10-24-22(23-7-2)25-14-18-13-20-17(11-16(5)29-20)12-19(18)28-8-3;/h12-13,15-16H,6-11,14H2,1-5H3,(H,26,27)(H2,23,24,25);1H. The first kappa shape index (κ1) is 26.3. The Morgan fingerprint density at radius 3 is 2.73 bits per heavy atom. The van der Waals surface area contributed by atoms with E-state index in [-0.39, 0.29) is 42.0 Å². The molecule has 1 amide bonds. The molecule has 0 saturated carbocycles. The van der Waals surface area contributed by atoms with Gasteiger partial charge in [-0.25, -0.2) is 4.99 Å². The third-order valence-corrected chi connectivity index (χ3v) is 4.79. The molecule has 0 aliphatic carbocycles. The highest BCUT2D eigenvalue weighted by molar-refractivity contribution is 14.0. The lowest BCUT2D eigenvalue weighted by atomic mass is 10.1. The van der Waals surface area contributed by atoms with E-state index in [2.05, 4.69) is 40.9 Å². The molecule has 7 nitrogen and oxygen atoms in total. The van der Waals surface area contributed by atoms with Gasteiger partial charge in [0.25, 0.3) is 0 Å². The second-order valence-corrected chi connectivity index (χ2v) is 7.38. The molecular formula is C22H37IN4O3. The summed E-state index contributed by atoms with van der Waals surface area (Å²) in [5.74, 6) is 2.51. The lowest BCUT2D eigenvalue weighted by Gasteiger charge is -2.14. The van der Waals surface area contributed by atoms with Crippen LogP contribution >= 0.6 is 24.0 Å². The molecule has 1 heterocycles. The maximum Gasteiger partial charge on any atom is 0.221 e. The highest BCUT2D eigenvalue weighted by atomic mass is 127. The number of nitrogens with one attached hydrogen (secondary N) is 3. The van der Waals surface area contributed by atoms with Gasteiger partial charge in [0.05, 0.1) is 13.2 Å². The fourth-order valence-corrected chi connectivity index (χ4v) is 3.14. The van der Waals surface area contributed by atoms with Crippen LogP contribution in [0.25, 0.3) is 0 Å². The van der Waals surface area contributed by atoms with Gasteiger partial charge in [-0.1, -0.05) is 6.92 Å². The molecule has 0 aromatic heterocycles. The van der Waals surface area contributed by atoms with Gasteiger partial charge >= 0.3 is 0 Å². The number of fused-ring (bicyclic) bond motifs is 1. The van der Waals surface area contributed by atoms with Gasteiger partial charge in [-0.05, 0) is 46.2 Å². The van der Waals surface area contributed by atoms with E-state index in [1.807, 2.05) is 26.8 Å². The number of carbonyl (C=O) groups is 1. The van der Waals surface area contributed by atoms with Crippen LogP contribution in [0.5, 0.6) is 11.5 Å². The highest BCUT2D eigenvalue weighted by Gasteiger charge is 2.21. The molecule has 170 valence electrons. The molecule has 0 fully saturated rings. The van der Waals surface area contributed by atoms with Crippen molar-refractivity contribution in [1.82, 2.24) is 16.0 Å². The molecule has 0 bridgehead atoms. The summed E-state index contributed by atoms with van der Waals surface area (Å²) in [6, 6.07) is 4.31. The molecule has 2 atom stereocenters. The predicted molar refractivity (Wildman–Crippen MR) is 132 cm³/mol. The minimum absolute atomic E-state index is 0. The minimum Gasteiger partial charge on any atom is -0.494 e. The number of rotatable bonds is 10. The Morgan fingerprint density at radius 1 is 1.30 bits per heavy atom. The Kier molecular flexibility index (Phi) is 11.9. The predicted octanol–water partition coefficient (Wildman–Crippen LogP) is 3.39. The van der Waals surface area contributed by atoms with E-state index in [1.165, 1.54) is 5.56 Å². The number of amides is 1. The van der Waals surface area contributed by atoms with Crippen molar-refractivity contribution in [3.8, 4) is 11.5 Å². The smallest absolute Gasteiger partial charge is 0.221 e. The Balaban J connectivity index is 0.00000450. The van der Waals surface area contributed by atoms with Crippen molar-refractivity contribution in [1.29, 1.82) is 0 Å². The van der Waals surface area contributed by atoms with E-state index in [0.717, 1.165) is 36.4 Å². The van der Waals surface area contributed by atoms with Crippen molar-refractivity contribution in [2.24, 2.45) is 4.99 Å². The number of halogens is 1. The second kappa shape index (κ2) is 13.6. The second-order valence-electron chi connectivity index (χ2n) is 7.38. The minimum atomic E-state index is 0. The van der Waals surface area contributed by atoms with E-state index in [9.17, 15) is 4.79 Å². The third-order valence-electron chi connectivity index (χ3n) is 4.79. The molecule has 2 rings (SSSR count). The van der Waals surface area contributed by atoms with Crippen LogP contribution in [0, 0.1) is 0 Å². The number of benzene rings is 1. The van der Waals surface area contributed by atoms with Crippen LogP contribution in [0.1, 0.15) is 58.6 Å². The van der Waals surface area contributed by atoms with E-state index in [4.69, 9.17) is 9.47 Å². The van der Waals surface area contributed by atoms with Gasteiger partial charge in [0, 0.05) is 43.1 Å². The van der Waals surface area contributed by atoms with Crippen molar-refractivity contribution in [3.05, 3.63) is 23.3 Å². The Labute approximate surface area is 197 Å². The Hall–Kier alpha value is -1.71. The molecule has 3 N–H and O–H groups in total. The van der Waals surface area contributed by atoms with E-state index in [1.54, 1.807) is 0 Å². The molecule has 0 spiro atoms. The van der Waals surface area contributed by atoms with E-state index >= 15 is 0 Å². The SMILES string of the molecule is CCNC(=NCc1cc2c(cc1OCC)CC(C)O2)NCCC(=O)NC(C)CC.I. The van der Waals surface area contributed by atoms with Crippen molar-refractivity contribution in [2.45, 2.75) is 72.6 Å². The Morgan fingerprint density at radius 2 is 2.07 bits per heavy atom. The van der Waals surface area contributed by atoms with Crippen LogP contribution in [0.2, 0.25) is 0 Å². The molecule has 0 radical (unpaired) electrons. The summed E-state index contributed by atoms with van der Waals surface area (Å²) in [7, 11) is 0. The zero-order valence-electron chi connectivity index (χ0n) is 18.8. The van der Waals surface area contributed by atoms with Crippen LogP contribution in [-0.2, 0) is 17.8 Å². The number of hydrogen-bond acceptors (Lipinski definition) is 4. The number of ether oxygens (including phenoxy) is 2. The molecule has 1 aromatic carbocycles. The number of guanidine groups is 1. The van der Waals surface area contributed by atoms with Crippen molar-refractivity contribution >= 4 is 35.8 Å². The fraction of sp³-hybridized carbons (Fsp3) is 0.636. The first-order valence-corrected chi connectivity index (χ1v) is 10.7. The van der Waals surface area contributed by atoms with Gasteiger partial charge in [-0.15, -0.1) is 24.0 Å². The molecule has 30 heavy (non-hydrogen) atoms. The zero-order chi connectivity index (χ0) is 21.2. The summed E-state index contributed by atoms with van der Waals surface area (Å²) < 4.78 is 11.7. The molecule has 0 saturated heterocycles. The van der Waals surface area contributed by atoms with Gasteiger partial charge in [0.15, 0.2) is 5.96 Å². The lowest BCUT2D eigenvalue weighted by molar-refractivity contribution is -0.121. The summed E-state index contributed by atoms with van der Waals surface area (Å²) in [4.78, 5) is 16.6. The molecule has 1 aliphatic heterocycles. The summed E-state index contributed by atoms with van der Waals surface area (Å²) in [6.45, 7) is 12.5. The van der Waals surface area contributed by atoms with Crippen LogP contribution < -0.4 is 25.4 Å². The normalized spacial score (nSPS) is 16.0. The van der Waals surface area contributed by atoms with Crippen molar-refractivity contribution in [3.63, 3.8) is 0 Å². The fourth-order valence-electron chi connectivity index (χ4n) is 3.14. The number of aliphatic imine (C=N–C) groups is 1. The first-order chi connectivity index (χ1) is 14.0. The summed E-state index contributed by atoms with van der Waals surface area (Å²) in [5, 5.41) is 9.43. The van der Waals surface area contributed by atoms with Gasteiger partial charge in [-0.3, -0.25) is 4.79 Å². The average Bonchev–Trinajstić information content (AvgIpc) is 3.04. The van der Waals surface area contributed by atoms with Crippen molar-refractivity contribution < 1.29 is 14.3 Å². The van der Waals surface area contributed by atoms with E-state index < -0.39 is 0 Å². The quantitative estimate of drug-likeness (QED) is 0.245. The van der Waals surface area contributed by atoms with Crippen LogP contribution in [0.15, 0.2) is 17.1 Å². The summed E-state index contributed by atoms with van der Waals surface area (Å²) in [5.41, 5.74) is 2.18. The zero-order valence-corrected chi connectivity index (χ0v) is 21.2.